The highest BCUT2D eigenvalue weighted by molar-refractivity contribution is 5.95. The molecule has 0 radical (unpaired) electrons. The van der Waals surface area contributed by atoms with Crippen molar-refractivity contribution in [3.05, 3.63) is 64.9 Å². The van der Waals surface area contributed by atoms with E-state index in [0.717, 1.165) is 0 Å². The Morgan fingerprint density at radius 2 is 2.05 bits per heavy atom. The highest BCUT2D eigenvalue weighted by Gasteiger charge is 2.32. The summed E-state index contributed by atoms with van der Waals surface area (Å²) in [6.45, 7) is 3.54. The first-order valence-electron chi connectivity index (χ1n) is 11.7. The molecule has 0 bridgehead atoms. The molecule has 3 rings (SSSR count). The van der Waals surface area contributed by atoms with Crippen molar-refractivity contribution in [3.63, 3.8) is 0 Å². The van der Waals surface area contributed by atoms with Crippen LogP contribution >= 0.6 is 0 Å². The summed E-state index contributed by atoms with van der Waals surface area (Å²) in [5, 5.41) is 28.2. The zero-order valence-corrected chi connectivity index (χ0v) is 21.2. The second-order valence-corrected chi connectivity index (χ2v) is 7.93. The van der Waals surface area contributed by atoms with Gasteiger partial charge in [0.2, 0.25) is 0 Å². The van der Waals surface area contributed by atoms with Gasteiger partial charge in [-0.1, -0.05) is 18.2 Å². The van der Waals surface area contributed by atoms with E-state index in [1.54, 1.807) is 56.3 Å². The van der Waals surface area contributed by atoms with Crippen LogP contribution in [0.1, 0.15) is 31.0 Å². The van der Waals surface area contributed by atoms with Crippen molar-refractivity contribution in [2.75, 3.05) is 26.9 Å². The molecule has 0 aromatic heterocycles. The van der Waals surface area contributed by atoms with Gasteiger partial charge < -0.3 is 34.7 Å². The predicted molar refractivity (Wildman–Crippen MR) is 137 cm³/mol. The number of hydrazone groups is 1. The number of esters is 1. The van der Waals surface area contributed by atoms with Crippen molar-refractivity contribution in [1.82, 2.24) is 16.1 Å². The maximum atomic E-state index is 12.4. The number of carbonyl (C=O) groups excluding carboxylic acids is 2. The van der Waals surface area contributed by atoms with Crippen LogP contribution in [0.3, 0.4) is 0 Å². The summed E-state index contributed by atoms with van der Waals surface area (Å²) in [5.74, 6) is 0.669. The molecule has 0 unspecified atom stereocenters. The summed E-state index contributed by atoms with van der Waals surface area (Å²) in [7, 11) is 1.27. The molecule has 1 heterocycles. The van der Waals surface area contributed by atoms with Crippen molar-refractivity contribution >= 4 is 18.2 Å². The number of amides is 2. The van der Waals surface area contributed by atoms with Crippen LogP contribution in [0.25, 0.3) is 0 Å². The Bertz CT molecular complexity index is 1250. The Balaban J connectivity index is 1.67. The summed E-state index contributed by atoms with van der Waals surface area (Å²) in [4.78, 5) is 24.4. The number of nitrogens with zero attached hydrogens (tertiary/aromatic N) is 2. The molecule has 1 aliphatic rings. The monoisotopic (exact) mass is 523 g/mol. The van der Waals surface area contributed by atoms with Gasteiger partial charge in [-0.2, -0.15) is 10.4 Å². The smallest absolute Gasteiger partial charge is 0.337 e. The lowest BCUT2D eigenvalue weighted by molar-refractivity contribution is -0.136. The molecule has 38 heavy (non-hydrogen) atoms. The molecule has 2 atom stereocenters. The van der Waals surface area contributed by atoms with E-state index >= 15 is 0 Å². The van der Waals surface area contributed by atoms with Crippen LogP contribution in [0, 0.1) is 11.3 Å². The molecule has 2 aromatic rings. The van der Waals surface area contributed by atoms with E-state index in [1.807, 2.05) is 6.07 Å². The highest BCUT2D eigenvalue weighted by atomic mass is 16.5. The quantitative estimate of drug-likeness (QED) is 0.141. The summed E-state index contributed by atoms with van der Waals surface area (Å²) >= 11 is 0. The van der Waals surface area contributed by atoms with Crippen LogP contribution in [0.4, 0.5) is 4.79 Å². The van der Waals surface area contributed by atoms with Crippen molar-refractivity contribution in [3.8, 4) is 23.3 Å². The average molecular weight is 524 g/mol. The molecule has 12 nitrogen and oxygen atoms in total. The van der Waals surface area contributed by atoms with Crippen molar-refractivity contribution in [2.24, 2.45) is 5.10 Å². The first-order valence-corrected chi connectivity index (χ1v) is 11.7. The first-order chi connectivity index (χ1) is 18.4. The van der Waals surface area contributed by atoms with E-state index in [0.29, 0.717) is 40.7 Å². The number of aliphatic hydroxyl groups is 1. The standard InChI is InChI=1S/C26H29N5O7/c1-4-36-21-13-18(24-23(25(33)35-3)16(2)29-26(34)30-24)8-9-20(21)38-15-22(32)31-28-14-17-6-5-7-19(12-17)37-11-10-27/h5-9,12-14,22,24,31-32H,4,11,15H2,1-3H3,(H2,29,30,34)/b28-14+/t22-,24-/m1/s1. The van der Waals surface area contributed by atoms with Gasteiger partial charge in [-0.05, 0) is 49.2 Å². The van der Waals surface area contributed by atoms with Crippen molar-refractivity contribution in [2.45, 2.75) is 26.1 Å². The Morgan fingerprint density at radius 3 is 2.79 bits per heavy atom. The molecule has 0 saturated carbocycles. The molecule has 1 aliphatic heterocycles. The number of ether oxygens (including phenoxy) is 4. The number of rotatable bonds is 12. The minimum absolute atomic E-state index is 0.0606. The number of benzene rings is 2. The molecule has 2 aromatic carbocycles. The summed E-state index contributed by atoms with van der Waals surface area (Å²) in [6.07, 6.45) is 0.351. The van der Waals surface area contributed by atoms with Gasteiger partial charge >= 0.3 is 12.0 Å². The lowest BCUT2D eigenvalue weighted by Crippen LogP contribution is -2.45. The Labute approximate surface area is 219 Å². The number of hydrogen-bond acceptors (Lipinski definition) is 10. The Kier molecular flexibility index (Phi) is 9.90. The zero-order valence-electron chi connectivity index (χ0n) is 21.2. The molecule has 0 spiro atoms. The van der Waals surface area contributed by atoms with E-state index < -0.39 is 24.3 Å². The van der Waals surface area contributed by atoms with E-state index in [9.17, 15) is 14.7 Å². The highest BCUT2D eigenvalue weighted by Crippen LogP contribution is 2.34. The lowest BCUT2D eigenvalue weighted by atomic mass is 9.95. The van der Waals surface area contributed by atoms with Gasteiger partial charge in [0, 0.05) is 5.70 Å². The number of hydrogen-bond donors (Lipinski definition) is 4. The van der Waals surface area contributed by atoms with E-state index in [-0.39, 0.29) is 18.8 Å². The van der Waals surface area contributed by atoms with Crippen molar-refractivity contribution in [1.29, 1.82) is 5.26 Å². The molecule has 0 aliphatic carbocycles. The molecule has 12 heteroatoms. The average Bonchev–Trinajstić information content (AvgIpc) is 2.90. The predicted octanol–water partition coefficient (Wildman–Crippen LogP) is 2.11. The van der Waals surface area contributed by atoms with E-state index in [4.69, 9.17) is 24.2 Å². The van der Waals surface area contributed by atoms with E-state index in [1.165, 1.54) is 13.3 Å². The fourth-order valence-electron chi connectivity index (χ4n) is 3.62. The van der Waals surface area contributed by atoms with Crippen LogP contribution < -0.4 is 30.3 Å². The Hall–Kier alpha value is -4.76. The zero-order chi connectivity index (χ0) is 27.5. The lowest BCUT2D eigenvalue weighted by Gasteiger charge is -2.28. The fraction of sp³-hybridized carbons (Fsp3) is 0.308. The molecule has 200 valence electrons. The third-order valence-electron chi connectivity index (χ3n) is 5.27. The van der Waals surface area contributed by atoms with Gasteiger partial charge in [0.15, 0.2) is 24.3 Å². The van der Waals surface area contributed by atoms with Crippen LogP contribution in [-0.4, -0.2) is 56.5 Å². The van der Waals surface area contributed by atoms with Gasteiger partial charge in [0.25, 0.3) is 0 Å². The molecular formula is C26H29N5O7. The number of methoxy groups -OCH3 is 1. The molecule has 0 saturated heterocycles. The third-order valence-corrected chi connectivity index (χ3v) is 5.27. The van der Waals surface area contributed by atoms with Gasteiger partial charge in [-0.25, -0.2) is 9.59 Å². The number of aliphatic hydroxyl groups excluding tert-OH is 1. The number of allylic oxidation sites excluding steroid dienone is 1. The van der Waals surface area contributed by atoms with Gasteiger partial charge in [0.05, 0.1) is 31.5 Å². The van der Waals surface area contributed by atoms with Gasteiger partial charge in [0.1, 0.15) is 18.4 Å². The first kappa shape index (κ1) is 27.8. The van der Waals surface area contributed by atoms with Crippen LogP contribution in [-0.2, 0) is 9.53 Å². The third kappa shape index (κ3) is 7.37. The van der Waals surface area contributed by atoms with Crippen LogP contribution in [0.15, 0.2) is 58.8 Å². The maximum absolute atomic E-state index is 12.4. The SMILES string of the molecule is CCOc1cc([C@H]2NC(=O)NC(C)=C2C(=O)OC)ccc1OC[C@@H](O)N/N=C/c1cccc(OCC#N)c1. The van der Waals surface area contributed by atoms with Gasteiger partial charge in [-0.3, -0.25) is 5.43 Å². The van der Waals surface area contributed by atoms with Crippen molar-refractivity contribution < 1.29 is 33.6 Å². The second-order valence-electron chi connectivity index (χ2n) is 7.93. The number of carbonyl (C=O) groups is 2. The molecule has 0 fully saturated rings. The largest absolute Gasteiger partial charge is 0.490 e. The number of nitrogens with one attached hydrogen (secondary N) is 3. The number of nitriles is 1. The summed E-state index contributed by atoms with van der Waals surface area (Å²) < 4.78 is 21.6. The van der Waals surface area contributed by atoms with Gasteiger partial charge in [-0.15, -0.1) is 0 Å². The summed E-state index contributed by atoms with van der Waals surface area (Å²) in [6, 6.07) is 12.6. The summed E-state index contributed by atoms with van der Waals surface area (Å²) in [5.41, 5.74) is 4.51. The molecular weight excluding hydrogens is 494 g/mol. The van der Waals surface area contributed by atoms with Crippen LogP contribution in [0.2, 0.25) is 0 Å². The minimum atomic E-state index is -1.14. The van der Waals surface area contributed by atoms with Crippen LogP contribution in [0.5, 0.6) is 17.2 Å². The fourth-order valence-corrected chi connectivity index (χ4v) is 3.62. The topological polar surface area (TPSA) is 164 Å². The second kappa shape index (κ2) is 13.5. The minimum Gasteiger partial charge on any atom is -0.490 e. The normalized spacial score (nSPS) is 15.7. The molecule has 2 amide bonds. The van der Waals surface area contributed by atoms with E-state index in [2.05, 4.69) is 21.2 Å². The number of urea groups is 1. The Morgan fingerprint density at radius 1 is 1.24 bits per heavy atom. The maximum Gasteiger partial charge on any atom is 0.337 e. The molecule has 4 N–H and O–H groups in total.